The number of thiazole rings is 1. The van der Waals surface area contributed by atoms with E-state index in [0.717, 1.165) is 37.4 Å². The largest absolute Gasteiger partial charge is 0.356 e. The van der Waals surface area contributed by atoms with Gasteiger partial charge in [-0.2, -0.15) is 0 Å². The van der Waals surface area contributed by atoms with Crippen molar-refractivity contribution in [1.29, 1.82) is 0 Å². The van der Waals surface area contributed by atoms with E-state index in [1.54, 1.807) is 0 Å². The highest BCUT2D eigenvalue weighted by atomic mass is 127. The molecule has 0 aromatic carbocycles. The van der Waals surface area contributed by atoms with E-state index in [-0.39, 0.29) is 24.0 Å². The van der Waals surface area contributed by atoms with E-state index < -0.39 is 0 Å². The Hall–Kier alpha value is -0.410. The highest BCUT2D eigenvalue weighted by Gasteiger charge is 2.36. The quantitative estimate of drug-likeness (QED) is 0.389. The number of guanidine groups is 1. The molecule has 2 saturated heterocycles. The van der Waals surface area contributed by atoms with Gasteiger partial charge in [-0.1, -0.05) is 13.3 Å². The molecule has 3 heterocycles. The van der Waals surface area contributed by atoms with Crippen LogP contribution in [0.4, 0.5) is 0 Å². The topological polar surface area (TPSA) is 52.6 Å². The molecule has 2 atom stereocenters. The zero-order valence-corrected chi connectivity index (χ0v) is 18.8. The second kappa shape index (κ2) is 10.1. The maximum Gasteiger partial charge on any atom is 0.191 e. The molecule has 2 aliphatic heterocycles. The molecule has 0 radical (unpaired) electrons. The monoisotopic (exact) mass is 477 g/mol. The van der Waals surface area contributed by atoms with Crippen LogP contribution in [0, 0.1) is 0 Å². The lowest BCUT2D eigenvalue weighted by Crippen LogP contribution is -2.56. The molecule has 2 fully saturated rings. The summed E-state index contributed by atoms with van der Waals surface area (Å²) in [6.45, 7) is 3.06. The lowest BCUT2D eigenvalue weighted by molar-refractivity contribution is 0.0526. The van der Waals surface area contributed by atoms with Crippen LogP contribution >= 0.6 is 35.3 Å². The molecule has 2 N–H and O–H groups in total. The molecule has 2 bridgehead atoms. The number of nitrogens with zero attached hydrogens (tertiary/aromatic N) is 3. The van der Waals surface area contributed by atoms with Gasteiger partial charge in [0.25, 0.3) is 0 Å². The van der Waals surface area contributed by atoms with E-state index in [0.29, 0.717) is 6.04 Å². The molecule has 2 aliphatic rings. The Labute approximate surface area is 173 Å². The van der Waals surface area contributed by atoms with Crippen LogP contribution in [-0.2, 0) is 12.8 Å². The summed E-state index contributed by atoms with van der Waals surface area (Å²) in [6, 6.07) is 2.04. The molecule has 0 saturated carbocycles. The maximum absolute atomic E-state index is 4.48. The summed E-state index contributed by atoms with van der Waals surface area (Å²) >= 11 is 1.82. The molecule has 0 amide bonds. The number of rotatable bonds is 5. The molecule has 5 nitrogen and oxygen atoms in total. The normalized spacial score (nSPS) is 26.8. The molecule has 3 rings (SSSR count). The van der Waals surface area contributed by atoms with Crippen LogP contribution in [0.2, 0.25) is 0 Å². The fraction of sp³-hybridized carbons (Fsp3) is 0.778. The van der Waals surface area contributed by atoms with Gasteiger partial charge >= 0.3 is 0 Å². The smallest absolute Gasteiger partial charge is 0.191 e. The van der Waals surface area contributed by atoms with Gasteiger partial charge in [0.2, 0.25) is 0 Å². The number of aliphatic imine (C=N–C) groups is 1. The first kappa shape index (κ1) is 20.9. The minimum Gasteiger partial charge on any atom is -0.356 e. The van der Waals surface area contributed by atoms with Crippen LogP contribution in [0.1, 0.15) is 48.9 Å². The molecule has 0 spiro atoms. The van der Waals surface area contributed by atoms with Crippen molar-refractivity contribution in [3.63, 3.8) is 0 Å². The van der Waals surface area contributed by atoms with E-state index >= 15 is 0 Å². The zero-order chi connectivity index (χ0) is 16.9. The maximum atomic E-state index is 4.48. The van der Waals surface area contributed by atoms with Gasteiger partial charge in [-0.05, 0) is 39.2 Å². The second-order valence-electron chi connectivity index (χ2n) is 7.04. The second-order valence-corrected chi connectivity index (χ2v) is 8.24. The van der Waals surface area contributed by atoms with Crippen molar-refractivity contribution in [2.24, 2.45) is 4.99 Å². The lowest BCUT2D eigenvalue weighted by atomic mass is 9.82. The van der Waals surface area contributed by atoms with E-state index in [9.17, 15) is 0 Å². The number of piperidine rings is 2. The van der Waals surface area contributed by atoms with Crippen molar-refractivity contribution in [3.8, 4) is 0 Å². The van der Waals surface area contributed by atoms with Gasteiger partial charge in [0, 0.05) is 49.2 Å². The summed E-state index contributed by atoms with van der Waals surface area (Å²) in [6.07, 6.45) is 10.6. The van der Waals surface area contributed by atoms with Crippen molar-refractivity contribution in [2.75, 3.05) is 20.6 Å². The number of hydrogen-bond acceptors (Lipinski definition) is 4. The average Bonchev–Trinajstić information content (AvgIpc) is 3.02. The van der Waals surface area contributed by atoms with Crippen LogP contribution in [0.3, 0.4) is 0 Å². The SMILES string of the molecule is CCc1cnc(CCNC(=NC)NC2CC3CCCC(C2)N3C)s1.I. The highest BCUT2D eigenvalue weighted by Crippen LogP contribution is 2.32. The van der Waals surface area contributed by atoms with Crippen LogP contribution in [0.15, 0.2) is 11.2 Å². The summed E-state index contributed by atoms with van der Waals surface area (Å²) < 4.78 is 0. The van der Waals surface area contributed by atoms with E-state index in [2.05, 4.69) is 39.5 Å². The van der Waals surface area contributed by atoms with Gasteiger partial charge in [-0.25, -0.2) is 4.98 Å². The Morgan fingerprint density at radius 3 is 2.68 bits per heavy atom. The Morgan fingerprint density at radius 1 is 1.36 bits per heavy atom. The predicted molar refractivity (Wildman–Crippen MR) is 117 cm³/mol. The zero-order valence-electron chi connectivity index (χ0n) is 15.6. The fourth-order valence-corrected chi connectivity index (χ4v) is 4.90. The number of aromatic nitrogens is 1. The molecule has 7 heteroatoms. The van der Waals surface area contributed by atoms with Crippen molar-refractivity contribution in [1.82, 2.24) is 20.5 Å². The molecular formula is C18H32IN5S. The van der Waals surface area contributed by atoms with Gasteiger partial charge in [-0.3, -0.25) is 4.99 Å². The van der Waals surface area contributed by atoms with Crippen molar-refractivity contribution in [2.45, 2.75) is 70.0 Å². The summed E-state index contributed by atoms with van der Waals surface area (Å²) in [5.41, 5.74) is 0. The van der Waals surface area contributed by atoms with E-state index in [1.807, 2.05) is 24.6 Å². The molecule has 2 unspecified atom stereocenters. The minimum absolute atomic E-state index is 0. The van der Waals surface area contributed by atoms with Crippen LogP contribution in [0.5, 0.6) is 0 Å². The first-order valence-corrected chi connectivity index (χ1v) is 10.1. The van der Waals surface area contributed by atoms with Crippen molar-refractivity contribution < 1.29 is 0 Å². The first-order chi connectivity index (χ1) is 11.7. The number of fused-ring (bicyclic) bond motifs is 2. The summed E-state index contributed by atoms with van der Waals surface area (Å²) in [7, 11) is 4.17. The van der Waals surface area contributed by atoms with Gasteiger partial charge in [0.1, 0.15) is 0 Å². The Kier molecular flexibility index (Phi) is 8.41. The molecule has 25 heavy (non-hydrogen) atoms. The van der Waals surface area contributed by atoms with Gasteiger partial charge in [0.05, 0.1) is 5.01 Å². The number of nitrogens with one attached hydrogen (secondary N) is 2. The fourth-order valence-electron chi connectivity index (χ4n) is 4.04. The third kappa shape index (κ3) is 5.53. The predicted octanol–water partition coefficient (Wildman–Crippen LogP) is 3.05. The third-order valence-corrected chi connectivity index (χ3v) is 6.69. The number of hydrogen-bond donors (Lipinski definition) is 2. The average molecular weight is 477 g/mol. The Bertz CT molecular complexity index is 547. The number of aryl methyl sites for hydroxylation is 1. The van der Waals surface area contributed by atoms with Gasteiger partial charge < -0.3 is 15.5 Å². The minimum atomic E-state index is 0. The van der Waals surface area contributed by atoms with E-state index in [1.165, 1.54) is 42.0 Å². The molecule has 1 aromatic rings. The van der Waals surface area contributed by atoms with Crippen molar-refractivity contribution >= 4 is 41.3 Å². The summed E-state index contributed by atoms with van der Waals surface area (Å²) in [4.78, 5) is 12.9. The third-order valence-electron chi connectivity index (χ3n) is 5.49. The van der Waals surface area contributed by atoms with Crippen LogP contribution < -0.4 is 10.6 Å². The standard InChI is InChI=1S/C18H31N5S.HI/c1-4-16-12-21-17(24-16)8-9-20-18(19-2)22-13-10-14-6-5-7-15(11-13)23(14)3;/h12-15H,4-11H2,1-3H3,(H2,19,20,22);1H. The Balaban J connectivity index is 0.00000225. The Morgan fingerprint density at radius 2 is 2.08 bits per heavy atom. The van der Waals surface area contributed by atoms with Crippen LogP contribution in [-0.4, -0.2) is 54.6 Å². The first-order valence-electron chi connectivity index (χ1n) is 9.32. The molecule has 0 aliphatic carbocycles. The number of halogens is 1. The molecular weight excluding hydrogens is 445 g/mol. The van der Waals surface area contributed by atoms with Crippen molar-refractivity contribution in [3.05, 3.63) is 16.1 Å². The van der Waals surface area contributed by atoms with Gasteiger partial charge in [-0.15, -0.1) is 35.3 Å². The highest BCUT2D eigenvalue weighted by molar-refractivity contribution is 14.0. The summed E-state index contributed by atoms with van der Waals surface area (Å²) in [5, 5.41) is 8.33. The molecule has 142 valence electrons. The molecule has 1 aromatic heterocycles. The van der Waals surface area contributed by atoms with E-state index in [4.69, 9.17) is 0 Å². The van der Waals surface area contributed by atoms with Crippen LogP contribution in [0.25, 0.3) is 0 Å². The lowest BCUT2D eigenvalue weighted by Gasteiger charge is -2.47. The summed E-state index contributed by atoms with van der Waals surface area (Å²) in [5.74, 6) is 0.940. The van der Waals surface area contributed by atoms with Gasteiger partial charge in [0.15, 0.2) is 5.96 Å².